The van der Waals surface area contributed by atoms with Crippen LogP contribution in [0.15, 0.2) is 85.3 Å². The average molecular weight is 482 g/mol. The quantitative estimate of drug-likeness (QED) is 0.301. The zero-order valence-corrected chi connectivity index (χ0v) is 20.8. The maximum absolute atomic E-state index is 13.1. The van der Waals surface area contributed by atoms with E-state index in [4.69, 9.17) is 0 Å². The lowest BCUT2D eigenvalue weighted by molar-refractivity contribution is -0.107. The number of nitrogens with zero attached hydrogens (tertiary/aromatic N) is 3. The van der Waals surface area contributed by atoms with Gasteiger partial charge in [0.1, 0.15) is 11.4 Å². The van der Waals surface area contributed by atoms with Gasteiger partial charge in [-0.25, -0.2) is 0 Å². The molecule has 7 nitrogen and oxygen atoms in total. The van der Waals surface area contributed by atoms with Crippen molar-refractivity contribution in [1.29, 1.82) is 0 Å². The number of aromatic nitrogens is 2. The number of benzene rings is 2. The molecule has 0 bridgehead atoms. The van der Waals surface area contributed by atoms with E-state index in [-0.39, 0.29) is 11.8 Å². The molecule has 4 aromatic rings. The molecule has 0 aliphatic heterocycles. The minimum absolute atomic E-state index is 0.238. The van der Waals surface area contributed by atoms with Gasteiger partial charge < -0.3 is 20.1 Å². The number of pyridine rings is 1. The van der Waals surface area contributed by atoms with Gasteiger partial charge in [0.25, 0.3) is 5.91 Å². The average Bonchev–Trinajstić information content (AvgIpc) is 3.25. The van der Waals surface area contributed by atoms with Crippen LogP contribution in [0.4, 0.5) is 17.2 Å². The number of carbonyl (C=O) groups is 2. The van der Waals surface area contributed by atoms with Gasteiger partial charge in [-0.15, -0.1) is 0 Å². The lowest BCUT2D eigenvalue weighted by atomic mass is 10.1. The Morgan fingerprint density at radius 3 is 2.28 bits per heavy atom. The molecule has 0 saturated heterocycles. The molecular weight excluding hydrogens is 450 g/mol. The van der Waals surface area contributed by atoms with E-state index in [2.05, 4.69) is 39.9 Å². The molecule has 2 N–H and O–H groups in total. The Morgan fingerprint density at radius 1 is 1.00 bits per heavy atom. The van der Waals surface area contributed by atoms with Gasteiger partial charge in [-0.05, 0) is 46.9 Å². The van der Waals surface area contributed by atoms with Crippen LogP contribution in [0, 0.1) is 5.92 Å². The van der Waals surface area contributed by atoms with E-state index in [1.54, 1.807) is 24.3 Å². The molecule has 2 amide bonds. The predicted octanol–water partition coefficient (Wildman–Crippen LogP) is 5.32. The van der Waals surface area contributed by atoms with Gasteiger partial charge in [0.05, 0.1) is 5.69 Å². The molecule has 4 rings (SSSR count). The Labute approximate surface area is 211 Å². The maximum Gasteiger partial charge on any atom is 0.256 e. The van der Waals surface area contributed by atoms with Crippen LogP contribution in [-0.2, 0) is 11.3 Å². The number of para-hydroxylation sites is 1. The summed E-state index contributed by atoms with van der Waals surface area (Å²) < 4.78 is 1.99. The highest BCUT2D eigenvalue weighted by Crippen LogP contribution is 2.33. The highest BCUT2D eigenvalue weighted by atomic mass is 16.2. The van der Waals surface area contributed by atoms with Gasteiger partial charge in [0.15, 0.2) is 0 Å². The summed E-state index contributed by atoms with van der Waals surface area (Å²) in [5.74, 6) is 0.609. The Balaban J connectivity index is 1.77. The van der Waals surface area contributed by atoms with E-state index in [9.17, 15) is 9.59 Å². The van der Waals surface area contributed by atoms with Crippen molar-refractivity contribution in [3.63, 3.8) is 0 Å². The minimum atomic E-state index is -0.258. The molecule has 0 fully saturated rings. The summed E-state index contributed by atoms with van der Waals surface area (Å²) >= 11 is 0. The Hall–Kier alpha value is -4.39. The molecule has 184 valence electrons. The topological polar surface area (TPSA) is 79.3 Å². The van der Waals surface area contributed by atoms with E-state index in [1.165, 1.54) is 0 Å². The highest BCUT2D eigenvalue weighted by molar-refractivity contribution is 6.07. The SMILES string of the molecule is CNC(=O)c1c(N(C=O)CC(C)C)cn(Cc2ccc(-c3ccncc3)cc2)c1Nc1ccccc1. The number of anilines is 3. The largest absolute Gasteiger partial charge is 0.355 e. The number of rotatable bonds is 10. The van der Waals surface area contributed by atoms with Crippen molar-refractivity contribution in [2.75, 3.05) is 23.8 Å². The lowest BCUT2D eigenvalue weighted by Crippen LogP contribution is -2.29. The normalized spacial score (nSPS) is 10.8. The highest BCUT2D eigenvalue weighted by Gasteiger charge is 2.26. The van der Waals surface area contributed by atoms with Crippen molar-refractivity contribution in [3.8, 4) is 11.1 Å². The lowest BCUT2D eigenvalue weighted by Gasteiger charge is -2.20. The third-order valence-electron chi connectivity index (χ3n) is 5.87. The first-order valence-electron chi connectivity index (χ1n) is 12.0. The number of carbonyl (C=O) groups excluding carboxylic acids is 2. The van der Waals surface area contributed by atoms with Crippen molar-refractivity contribution in [1.82, 2.24) is 14.9 Å². The molecule has 0 saturated carbocycles. The van der Waals surface area contributed by atoms with Crippen molar-refractivity contribution >= 4 is 29.5 Å². The summed E-state index contributed by atoms with van der Waals surface area (Å²) in [4.78, 5) is 30.9. The molecule has 0 aliphatic carbocycles. The van der Waals surface area contributed by atoms with E-state index in [0.717, 1.165) is 28.8 Å². The van der Waals surface area contributed by atoms with Gasteiger partial charge >= 0.3 is 0 Å². The molecule has 2 heterocycles. The molecule has 7 heteroatoms. The molecule has 0 atom stereocenters. The molecule has 2 aromatic carbocycles. The van der Waals surface area contributed by atoms with Crippen molar-refractivity contribution in [3.05, 3.63) is 96.4 Å². The molecule has 36 heavy (non-hydrogen) atoms. The Kier molecular flexibility index (Phi) is 7.80. The smallest absolute Gasteiger partial charge is 0.256 e. The van der Waals surface area contributed by atoms with Crippen molar-refractivity contribution in [2.45, 2.75) is 20.4 Å². The molecular formula is C29H31N5O2. The fourth-order valence-corrected chi connectivity index (χ4v) is 4.16. The van der Waals surface area contributed by atoms with Crippen LogP contribution in [-0.4, -0.2) is 35.5 Å². The van der Waals surface area contributed by atoms with E-state index >= 15 is 0 Å². The summed E-state index contributed by atoms with van der Waals surface area (Å²) in [6.45, 7) is 5.11. The molecule has 0 radical (unpaired) electrons. The monoisotopic (exact) mass is 481 g/mol. The number of nitrogens with one attached hydrogen (secondary N) is 2. The fourth-order valence-electron chi connectivity index (χ4n) is 4.16. The summed E-state index contributed by atoms with van der Waals surface area (Å²) in [5.41, 5.74) is 5.13. The third-order valence-corrected chi connectivity index (χ3v) is 5.87. The van der Waals surface area contributed by atoms with Gasteiger partial charge in [-0.2, -0.15) is 0 Å². The van der Waals surface area contributed by atoms with Gasteiger partial charge in [-0.3, -0.25) is 14.6 Å². The van der Waals surface area contributed by atoms with Crippen molar-refractivity contribution in [2.24, 2.45) is 5.92 Å². The van der Waals surface area contributed by atoms with Crippen LogP contribution in [0.2, 0.25) is 0 Å². The van der Waals surface area contributed by atoms with Crippen LogP contribution in [0.1, 0.15) is 29.8 Å². The van der Waals surface area contributed by atoms with Gasteiger partial charge in [0.2, 0.25) is 6.41 Å². The molecule has 2 aromatic heterocycles. The summed E-state index contributed by atoms with van der Waals surface area (Å²) in [7, 11) is 1.60. The first kappa shape index (κ1) is 24.7. The molecule has 0 aliphatic rings. The zero-order valence-electron chi connectivity index (χ0n) is 20.8. The zero-order chi connectivity index (χ0) is 25.5. The molecule has 0 spiro atoms. The number of hydrogen-bond donors (Lipinski definition) is 2. The van der Waals surface area contributed by atoms with E-state index < -0.39 is 0 Å². The summed E-state index contributed by atoms with van der Waals surface area (Å²) in [6, 6.07) is 22.0. The Morgan fingerprint density at radius 2 is 1.67 bits per heavy atom. The fraction of sp³-hybridized carbons (Fsp3) is 0.207. The standard InChI is InChI=1S/C29H31N5O2/c1-21(2)17-34(20-35)26-19-33(18-22-9-11-23(12-10-22)24-13-15-31-16-14-24)28(27(26)29(36)30-3)32-25-7-5-4-6-8-25/h4-16,19-21,32H,17-18H2,1-3H3,(H,30,36). The van der Waals surface area contributed by atoms with Crippen LogP contribution in [0.5, 0.6) is 0 Å². The van der Waals surface area contributed by atoms with Crippen LogP contribution in [0.25, 0.3) is 11.1 Å². The number of hydrogen-bond acceptors (Lipinski definition) is 4. The Bertz CT molecular complexity index is 1300. The maximum atomic E-state index is 13.1. The first-order chi connectivity index (χ1) is 17.5. The second kappa shape index (κ2) is 11.4. The predicted molar refractivity (Wildman–Crippen MR) is 145 cm³/mol. The molecule has 0 unspecified atom stereocenters. The van der Waals surface area contributed by atoms with Gasteiger partial charge in [0, 0.05) is 44.4 Å². The summed E-state index contributed by atoms with van der Waals surface area (Å²) in [6.07, 6.45) is 6.23. The second-order valence-corrected chi connectivity index (χ2v) is 9.02. The number of amides is 2. The van der Waals surface area contributed by atoms with Gasteiger partial charge in [-0.1, -0.05) is 56.3 Å². The minimum Gasteiger partial charge on any atom is -0.355 e. The summed E-state index contributed by atoms with van der Waals surface area (Å²) in [5, 5.41) is 6.16. The van der Waals surface area contributed by atoms with Crippen LogP contribution < -0.4 is 15.5 Å². The van der Waals surface area contributed by atoms with Crippen LogP contribution in [0.3, 0.4) is 0 Å². The van der Waals surface area contributed by atoms with Crippen LogP contribution >= 0.6 is 0 Å². The second-order valence-electron chi connectivity index (χ2n) is 9.02. The van der Waals surface area contributed by atoms with Crippen molar-refractivity contribution < 1.29 is 9.59 Å². The first-order valence-corrected chi connectivity index (χ1v) is 12.0. The third kappa shape index (κ3) is 5.63. The van der Waals surface area contributed by atoms with E-state index in [1.807, 2.05) is 67.1 Å². The van der Waals surface area contributed by atoms with E-state index in [0.29, 0.717) is 30.2 Å².